The van der Waals surface area contributed by atoms with Gasteiger partial charge in [-0.3, -0.25) is 4.79 Å². The molecule has 2 aromatic carbocycles. The maximum Gasteiger partial charge on any atom is 0.258 e. The van der Waals surface area contributed by atoms with Gasteiger partial charge in [-0.1, -0.05) is 17.7 Å². The van der Waals surface area contributed by atoms with Crippen molar-refractivity contribution >= 4 is 39.1 Å². The Bertz CT molecular complexity index is 693. The molecule has 6 heteroatoms. The summed E-state index contributed by atoms with van der Waals surface area (Å²) in [7, 11) is 2.92. The first kappa shape index (κ1) is 15.8. The molecule has 3 nitrogen and oxygen atoms in total. The summed E-state index contributed by atoms with van der Waals surface area (Å²) >= 11 is 9.18. The number of para-hydroxylation sites is 1. The van der Waals surface area contributed by atoms with Crippen LogP contribution < -0.4 is 9.64 Å². The predicted octanol–water partition coefficient (Wildman–Crippen LogP) is 4.53. The van der Waals surface area contributed by atoms with Gasteiger partial charge in [-0.15, -0.1) is 0 Å². The summed E-state index contributed by atoms with van der Waals surface area (Å²) < 4.78 is 19.4. The first-order valence-corrected chi connectivity index (χ1v) is 7.18. The van der Waals surface area contributed by atoms with E-state index in [1.165, 1.54) is 24.1 Å². The molecule has 1 amide bonds. The Hall–Kier alpha value is -1.59. The van der Waals surface area contributed by atoms with Gasteiger partial charge in [0.2, 0.25) is 0 Å². The average molecular weight is 373 g/mol. The van der Waals surface area contributed by atoms with Gasteiger partial charge in [0.25, 0.3) is 5.91 Å². The third kappa shape index (κ3) is 3.19. The van der Waals surface area contributed by atoms with E-state index in [4.69, 9.17) is 16.3 Å². The molecule has 0 bridgehead atoms. The van der Waals surface area contributed by atoms with E-state index in [0.29, 0.717) is 20.7 Å². The van der Waals surface area contributed by atoms with Crippen molar-refractivity contribution in [1.82, 2.24) is 0 Å². The van der Waals surface area contributed by atoms with Gasteiger partial charge in [-0.25, -0.2) is 4.39 Å². The zero-order chi connectivity index (χ0) is 15.6. The third-order valence-electron chi connectivity index (χ3n) is 2.98. The summed E-state index contributed by atoms with van der Waals surface area (Å²) in [6.45, 7) is 0. The number of carbonyl (C=O) groups excluding carboxylic acids is 1. The Labute approximate surface area is 135 Å². The van der Waals surface area contributed by atoms with Gasteiger partial charge in [0.05, 0.1) is 17.8 Å². The lowest BCUT2D eigenvalue weighted by atomic mass is 10.2. The largest absolute Gasteiger partial charge is 0.492 e. The Kier molecular flexibility index (Phi) is 4.85. The highest BCUT2D eigenvalue weighted by Gasteiger charge is 2.19. The second-order valence-corrected chi connectivity index (χ2v) is 5.55. The number of carbonyl (C=O) groups is 1. The summed E-state index contributed by atoms with van der Waals surface area (Å²) in [6, 6.07) is 9.26. The number of rotatable bonds is 3. The number of hydrogen-bond acceptors (Lipinski definition) is 2. The predicted molar refractivity (Wildman–Crippen MR) is 84.8 cm³/mol. The number of halogens is 3. The van der Waals surface area contributed by atoms with Gasteiger partial charge in [-0.2, -0.15) is 0 Å². The lowest BCUT2D eigenvalue weighted by Gasteiger charge is -2.20. The second-order valence-electron chi connectivity index (χ2n) is 4.29. The minimum absolute atomic E-state index is 0.0291. The van der Waals surface area contributed by atoms with Crippen molar-refractivity contribution in [3.05, 3.63) is 57.3 Å². The summed E-state index contributed by atoms with van der Waals surface area (Å²) in [5.74, 6) is -0.787. The smallest absolute Gasteiger partial charge is 0.258 e. The van der Waals surface area contributed by atoms with Crippen LogP contribution in [0.25, 0.3) is 0 Å². The van der Waals surface area contributed by atoms with Gasteiger partial charge in [0.1, 0.15) is 0 Å². The van der Waals surface area contributed by atoms with E-state index in [1.54, 1.807) is 31.3 Å². The first-order chi connectivity index (χ1) is 9.95. The molecule has 0 saturated heterocycles. The molecular formula is C15H12BrClFNO2. The number of benzene rings is 2. The number of amides is 1. The summed E-state index contributed by atoms with van der Waals surface area (Å²) in [4.78, 5) is 13.8. The van der Waals surface area contributed by atoms with Crippen LogP contribution in [-0.4, -0.2) is 20.1 Å². The fourth-order valence-corrected chi connectivity index (χ4v) is 2.39. The minimum atomic E-state index is -0.521. The highest BCUT2D eigenvalue weighted by molar-refractivity contribution is 9.10. The molecule has 2 aromatic rings. The van der Waals surface area contributed by atoms with Crippen molar-refractivity contribution in [1.29, 1.82) is 0 Å². The molecule has 0 aliphatic heterocycles. The van der Waals surface area contributed by atoms with Crippen molar-refractivity contribution in [3.63, 3.8) is 0 Å². The van der Waals surface area contributed by atoms with Crippen LogP contribution in [0.5, 0.6) is 5.75 Å². The van der Waals surface area contributed by atoms with E-state index >= 15 is 0 Å². The van der Waals surface area contributed by atoms with Gasteiger partial charge in [0.15, 0.2) is 11.6 Å². The zero-order valence-corrected chi connectivity index (χ0v) is 13.7. The van der Waals surface area contributed by atoms with Crippen LogP contribution in [0.3, 0.4) is 0 Å². The van der Waals surface area contributed by atoms with E-state index in [-0.39, 0.29) is 11.7 Å². The molecule has 0 atom stereocenters. The monoisotopic (exact) mass is 371 g/mol. The Balaban J connectivity index is 2.39. The molecule has 0 N–H and O–H groups in total. The van der Waals surface area contributed by atoms with Crippen LogP contribution in [-0.2, 0) is 0 Å². The fraction of sp³-hybridized carbons (Fsp3) is 0.133. The van der Waals surface area contributed by atoms with E-state index < -0.39 is 5.82 Å². The molecule has 0 unspecified atom stereocenters. The lowest BCUT2D eigenvalue weighted by molar-refractivity contribution is 0.0992. The molecule has 110 valence electrons. The molecule has 0 saturated carbocycles. The van der Waals surface area contributed by atoms with Crippen LogP contribution in [0.1, 0.15) is 10.4 Å². The molecular weight excluding hydrogens is 361 g/mol. The normalized spacial score (nSPS) is 10.3. The highest BCUT2D eigenvalue weighted by Crippen LogP contribution is 2.31. The van der Waals surface area contributed by atoms with Gasteiger partial charge >= 0.3 is 0 Å². The average Bonchev–Trinajstić information content (AvgIpc) is 2.48. The Morgan fingerprint density at radius 3 is 2.67 bits per heavy atom. The Morgan fingerprint density at radius 1 is 1.33 bits per heavy atom. The third-order valence-corrected chi connectivity index (χ3v) is 4.20. The number of hydrogen-bond donors (Lipinski definition) is 0. The van der Waals surface area contributed by atoms with Crippen molar-refractivity contribution in [2.24, 2.45) is 0 Å². The van der Waals surface area contributed by atoms with E-state index in [9.17, 15) is 9.18 Å². The molecule has 0 aliphatic rings. The number of anilines is 1. The van der Waals surface area contributed by atoms with Crippen molar-refractivity contribution in [3.8, 4) is 5.75 Å². The van der Waals surface area contributed by atoms with Gasteiger partial charge in [0, 0.05) is 17.1 Å². The van der Waals surface area contributed by atoms with Crippen LogP contribution in [0, 0.1) is 5.82 Å². The summed E-state index contributed by atoms with van der Waals surface area (Å²) in [5, 5.41) is 0.512. The van der Waals surface area contributed by atoms with Crippen LogP contribution >= 0.6 is 27.5 Å². The van der Waals surface area contributed by atoms with Crippen molar-refractivity contribution in [2.45, 2.75) is 0 Å². The number of methoxy groups -OCH3 is 1. The fourth-order valence-electron chi connectivity index (χ4n) is 1.90. The Morgan fingerprint density at radius 2 is 2.05 bits per heavy atom. The molecule has 0 heterocycles. The van der Waals surface area contributed by atoms with E-state index in [0.717, 1.165) is 0 Å². The van der Waals surface area contributed by atoms with Gasteiger partial charge in [-0.05, 0) is 46.3 Å². The van der Waals surface area contributed by atoms with Gasteiger partial charge < -0.3 is 9.64 Å². The van der Waals surface area contributed by atoms with E-state index in [2.05, 4.69) is 15.9 Å². The summed E-state index contributed by atoms with van der Waals surface area (Å²) in [5.41, 5.74) is 0.786. The SMILES string of the molecule is COc1c(F)cccc1N(C)C(=O)c1ccc(Cl)c(Br)c1. The van der Waals surface area contributed by atoms with E-state index in [1.807, 2.05) is 0 Å². The molecule has 0 aromatic heterocycles. The minimum Gasteiger partial charge on any atom is -0.492 e. The quantitative estimate of drug-likeness (QED) is 0.792. The summed E-state index contributed by atoms with van der Waals surface area (Å²) in [6.07, 6.45) is 0. The first-order valence-electron chi connectivity index (χ1n) is 6.01. The standard InChI is InChI=1S/C15H12BrClFNO2/c1-19(13-5-3-4-12(18)14(13)21-2)15(20)9-6-7-11(17)10(16)8-9/h3-8H,1-2H3. The topological polar surface area (TPSA) is 29.5 Å². The molecule has 0 radical (unpaired) electrons. The second kappa shape index (κ2) is 6.45. The molecule has 0 aliphatic carbocycles. The van der Waals surface area contributed by atoms with Crippen LogP contribution in [0.15, 0.2) is 40.9 Å². The maximum atomic E-state index is 13.7. The maximum absolute atomic E-state index is 13.7. The lowest BCUT2D eigenvalue weighted by Crippen LogP contribution is -2.26. The molecule has 21 heavy (non-hydrogen) atoms. The molecule has 0 spiro atoms. The number of ether oxygens (including phenoxy) is 1. The molecule has 0 fully saturated rings. The van der Waals surface area contributed by atoms with Crippen molar-refractivity contribution in [2.75, 3.05) is 19.1 Å². The van der Waals surface area contributed by atoms with Crippen molar-refractivity contribution < 1.29 is 13.9 Å². The molecule has 2 rings (SSSR count). The van der Waals surface area contributed by atoms with Crippen LogP contribution in [0.2, 0.25) is 5.02 Å². The highest BCUT2D eigenvalue weighted by atomic mass is 79.9. The van der Waals surface area contributed by atoms with Crippen LogP contribution in [0.4, 0.5) is 10.1 Å². The zero-order valence-electron chi connectivity index (χ0n) is 11.4. The number of nitrogens with zero attached hydrogens (tertiary/aromatic N) is 1.